The third-order valence-electron chi connectivity index (χ3n) is 2.93. The molecular formula is C14H21NO4. The van der Waals surface area contributed by atoms with E-state index >= 15 is 0 Å². The lowest BCUT2D eigenvalue weighted by molar-refractivity contribution is -0.138. The summed E-state index contributed by atoms with van der Waals surface area (Å²) in [5.41, 5.74) is 0.914. The number of benzene rings is 1. The van der Waals surface area contributed by atoms with Crippen molar-refractivity contribution in [2.24, 2.45) is 0 Å². The summed E-state index contributed by atoms with van der Waals surface area (Å²) in [5.74, 6) is 0.468. The van der Waals surface area contributed by atoms with Gasteiger partial charge >= 0.3 is 5.97 Å². The van der Waals surface area contributed by atoms with Gasteiger partial charge in [-0.15, -0.1) is 0 Å². The predicted molar refractivity (Wildman–Crippen MR) is 72.7 cm³/mol. The molecule has 0 atom stereocenters. The highest BCUT2D eigenvalue weighted by Gasteiger charge is 2.17. The number of para-hydroxylation sites is 1. The van der Waals surface area contributed by atoms with Gasteiger partial charge in [-0.1, -0.05) is 12.1 Å². The first-order valence-electron chi connectivity index (χ1n) is 6.15. The van der Waals surface area contributed by atoms with Gasteiger partial charge in [0.2, 0.25) is 0 Å². The van der Waals surface area contributed by atoms with Crippen LogP contribution in [0.5, 0.6) is 11.5 Å². The van der Waals surface area contributed by atoms with Crippen molar-refractivity contribution in [3.8, 4) is 11.5 Å². The maximum absolute atomic E-state index is 10.9. The van der Waals surface area contributed by atoms with E-state index in [0.717, 1.165) is 5.56 Å². The summed E-state index contributed by atoms with van der Waals surface area (Å²) >= 11 is 0. The molecule has 19 heavy (non-hydrogen) atoms. The van der Waals surface area contributed by atoms with Crippen LogP contribution < -0.4 is 9.47 Å². The summed E-state index contributed by atoms with van der Waals surface area (Å²) in [5, 5.41) is 8.94. The summed E-state index contributed by atoms with van der Waals surface area (Å²) in [6.07, 6.45) is 0. The van der Waals surface area contributed by atoms with E-state index in [9.17, 15) is 4.79 Å². The largest absolute Gasteiger partial charge is 0.493 e. The number of carbonyl (C=O) groups is 1. The minimum atomic E-state index is -0.837. The standard InChI is InChI=1S/C14H21NO4/c1-10(2)15(9-13(16)17)8-11-6-5-7-12(18-3)14(11)19-4/h5-7,10H,8-9H2,1-4H3,(H,16,17). The number of carboxylic acids is 1. The Morgan fingerprint density at radius 1 is 1.32 bits per heavy atom. The Kier molecular flexibility index (Phi) is 5.63. The molecule has 5 heteroatoms. The Bertz CT molecular complexity index is 431. The van der Waals surface area contributed by atoms with Gasteiger partial charge in [-0.05, 0) is 19.9 Å². The number of rotatable bonds is 7. The molecule has 0 saturated carbocycles. The first-order chi connectivity index (χ1) is 8.99. The molecule has 0 amide bonds. The molecule has 0 aromatic heterocycles. The summed E-state index contributed by atoms with van der Waals surface area (Å²) in [6, 6.07) is 5.74. The van der Waals surface area contributed by atoms with E-state index in [0.29, 0.717) is 18.0 Å². The summed E-state index contributed by atoms with van der Waals surface area (Å²) < 4.78 is 10.6. The van der Waals surface area contributed by atoms with Gasteiger partial charge in [0, 0.05) is 18.2 Å². The monoisotopic (exact) mass is 267 g/mol. The Hall–Kier alpha value is -1.75. The molecule has 0 unspecified atom stereocenters. The van der Waals surface area contributed by atoms with Crippen molar-refractivity contribution < 1.29 is 19.4 Å². The highest BCUT2D eigenvalue weighted by Crippen LogP contribution is 2.31. The second-order valence-corrected chi connectivity index (χ2v) is 4.55. The molecular weight excluding hydrogens is 246 g/mol. The van der Waals surface area contributed by atoms with Crippen molar-refractivity contribution >= 4 is 5.97 Å². The van der Waals surface area contributed by atoms with Gasteiger partial charge in [0.25, 0.3) is 0 Å². The number of nitrogens with zero attached hydrogens (tertiary/aromatic N) is 1. The summed E-state index contributed by atoms with van der Waals surface area (Å²) in [4.78, 5) is 12.7. The van der Waals surface area contributed by atoms with Crippen LogP contribution in [0.25, 0.3) is 0 Å². The maximum atomic E-state index is 10.9. The minimum Gasteiger partial charge on any atom is -0.493 e. The van der Waals surface area contributed by atoms with Crippen LogP contribution >= 0.6 is 0 Å². The lowest BCUT2D eigenvalue weighted by atomic mass is 10.1. The molecule has 1 rings (SSSR count). The molecule has 0 aliphatic rings. The fraction of sp³-hybridized carbons (Fsp3) is 0.500. The lowest BCUT2D eigenvalue weighted by Gasteiger charge is -2.25. The van der Waals surface area contributed by atoms with E-state index in [-0.39, 0.29) is 12.6 Å². The molecule has 0 spiro atoms. The van der Waals surface area contributed by atoms with Crippen molar-refractivity contribution in [3.63, 3.8) is 0 Å². The van der Waals surface area contributed by atoms with E-state index in [4.69, 9.17) is 14.6 Å². The first-order valence-corrected chi connectivity index (χ1v) is 6.15. The van der Waals surface area contributed by atoms with E-state index in [2.05, 4.69) is 0 Å². The van der Waals surface area contributed by atoms with E-state index in [1.54, 1.807) is 14.2 Å². The van der Waals surface area contributed by atoms with Crippen molar-refractivity contribution in [1.29, 1.82) is 0 Å². The van der Waals surface area contributed by atoms with Gasteiger partial charge in [-0.25, -0.2) is 0 Å². The van der Waals surface area contributed by atoms with E-state index < -0.39 is 5.97 Å². The zero-order valence-corrected chi connectivity index (χ0v) is 11.8. The quantitative estimate of drug-likeness (QED) is 0.818. The Balaban J connectivity index is 2.98. The zero-order valence-electron chi connectivity index (χ0n) is 11.8. The Labute approximate surface area is 113 Å². The second-order valence-electron chi connectivity index (χ2n) is 4.55. The molecule has 0 radical (unpaired) electrons. The molecule has 0 aliphatic carbocycles. The highest BCUT2D eigenvalue weighted by atomic mass is 16.5. The summed E-state index contributed by atoms with van der Waals surface area (Å²) in [7, 11) is 3.16. The number of ether oxygens (including phenoxy) is 2. The SMILES string of the molecule is COc1cccc(CN(CC(=O)O)C(C)C)c1OC. The number of hydrogen-bond donors (Lipinski definition) is 1. The molecule has 0 fully saturated rings. The van der Waals surface area contributed by atoms with Gasteiger partial charge in [0.05, 0.1) is 20.8 Å². The minimum absolute atomic E-state index is 0.00195. The molecule has 0 saturated heterocycles. The predicted octanol–water partition coefficient (Wildman–Crippen LogP) is 2.00. The number of carboxylic acid groups (broad SMARTS) is 1. The third-order valence-corrected chi connectivity index (χ3v) is 2.93. The van der Waals surface area contributed by atoms with Crippen molar-refractivity contribution in [1.82, 2.24) is 4.90 Å². The number of aliphatic carboxylic acids is 1. The Morgan fingerprint density at radius 3 is 2.47 bits per heavy atom. The fourth-order valence-electron chi connectivity index (χ4n) is 1.89. The van der Waals surface area contributed by atoms with E-state index in [1.807, 2.05) is 36.9 Å². The van der Waals surface area contributed by atoms with Crippen molar-refractivity contribution in [3.05, 3.63) is 23.8 Å². The van der Waals surface area contributed by atoms with Crippen LogP contribution in [-0.4, -0.2) is 42.8 Å². The summed E-state index contributed by atoms with van der Waals surface area (Å²) in [6.45, 7) is 4.44. The Morgan fingerprint density at radius 2 is 2.00 bits per heavy atom. The highest BCUT2D eigenvalue weighted by molar-refractivity contribution is 5.69. The van der Waals surface area contributed by atoms with Crippen LogP contribution in [0.4, 0.5) is 0 Å². The van der Waals surface area contributed by atoms with Gasteiger partial charge in [-0.3, -0.25) is 9.69 Å². The molecule has 1 aromatic carbocycles. The average Bonchev–Trinajstić information content (AvgIpc) is 2.36. The van der Waals surface area contributed by atoms with Crippen molar-refractivity contribution in [2.45, 2.75) is 26.4 Å². The van der Waals surface area contributed by atoms with Gasteiger partial charge in [0.15, 0.2) is 11.5 Å². The average molecular weight is 267 g/mol. The zero-order chi connectivity index (χ0) is 14.4. The van der Waals surface area contributed by atoms with Gasteiger partial charge in [-0.2, -0.15) is 0 Å². The maximum Gasteiger partial charge on any atom is 0.317 e. The fourth-order valence-corrected chi connectivity index (χ4v) is 1.89. The van der Waals surface area contributed by atoms with Gasteiger partial charge < -0.3 is 14.6 Å². The van der Waals surface area contributed by atoms with Crippen LogP contribution in [0.15, 0.2) is 18.2 Å². The molecule has 1 aromatic rings. The van der Waals surface area contributed by atoms with Crippen LogP contribution in [0, 0.1) is 0 Å². The second kappa shape index (κ2) is 6.99. The number of hydrogen-bond acceptors (Lipinski definition) is 4. The molecule has 1 N–H and O–H groups in total. The lowest BCUT2D eigenvalue weighted by Crippen LogP contribution is -2.35. The third kappa shape index (κ3) is 4.13. The first kappa shape index (κ1) is 15.3. The van der Waals surface area contributed by atoms with Crippen LogP contribution in [0.2, 0.25) is 0 Å². The number of methoxy groups -OCH3 is 2. The van der Waals surface area contributed by atoms with Crippen LogP contribution in [0.3, 0.4) is 0 Å². The van der Waals surface area contributed by atoms with Crippen molar-refractivity contribution in [2.75, 3.05) is 20.8 Å². The molecule has 106 valence electrons. The van der Waals surface area contributed by atoms with Crippen LogP contribution in [-0.2, 0) is 11.3 Å². The van der Waals surface area contributed by atoms with Gasteiger partial charge in [0.1, 0.15) is 0 Å². The topological polar surface area (TPSA) is 59.0 Å². The molecule has 5 nitrogen and oxygen atoms in total. The van der Waals surface area contributed by atoms with Crippen LogP contribution in [0.1, 0.15) is 19.4 Å². The normalized spacial score (nSPS) is 10.8. The smallest absolute Gasteiger partial charge is 0.317 e. The molecule has 0 aliphatic heterocycles. The van der Waals surface area contributed by atoms with E-state index in [1.165, 1.54) is 0 Å². The molecule has 0 bridgehead atoms. The molecule has 0 heterocycles.